The highest BCUT2D eigenvalue weighted by atomic mass is 16.5. The summed E-state index contributed by atoms with van der Waals surface area (Å²) in [6.45, 7) is 6.87. The van der Waals surface area contributed by atoms with Gasteiger partial charge in [-0.3, -0.25) is 0 Å². The number of ether oxygens (including phenoxy) is 1. The second-order valence-corrected chi connectivity index (χ2v) is 5.40. The summed E-state index contributed by atoms with van der Waals surface area (Å²) in [7, 11) is 1.58. The van der Waals surface area contributed by atoms with Crippen LogP contribution in [0, 0.1) is 0 Å². The van der Waals surface area contributed by atoms with Crippen molar-refractivity contribution in [3.05, 3.63) is 0 Å². The summed E-state index contributed by atoms with van der Waals surface area (Å²) in [5.41, 5.74) is -1.09. The number of hydrogen-bond acceptors (Lipinski definition) is 3. The first-order valence-electron chi connectivity index (χ1n) is 6.65. The van der Waals surface area contributed by atoms with Crippen molar-refractivity contribution in [3.63, 3.8) is 0 Å². The summed E-state index contributed by atoms with van der Waals surface area (Å²) in [5.74, 6) is -0.936. The average Bonchev–Trinajstić information content (AvgIpc) is 2.72. The van der Waals surface area contributed by atoms with Crippen molar-refractivity contribution in [2.24, 2.45) is 0 Å². The van der Waals surface area contributed by atoms with Crippen LogP contribution in [-0.4, -0.2) is 65.3 Å². The minimum absolute atomic E-state index is 0.0151. The molecule has 1 aliphatic rings. The molecule has 1 unspecified atom stereocenters. The highest BCUT2D eigenvalue weighted by Gasteiger charge is 2.47. The van der Waals surface area contributed by atoms with Crippen LogP contribution in [0.3, 0.4) is 0 Å². The van der Waals surface area contributed by atoms with Crippen molar-refractivity contribution >= 4 is 12.0 Å². The van der Waals surface area contributed by atoms with E-state index in [1.807, 2.05) is 13.8 Å². The standard InChI is InChI=1S/C13H24N2O4/c1-10(2)14(8-9-19-4)12(18)15-7-5-6-13(15,3)11(16)17/h10H,5-9H2,1-4H3,(H,16,17). The normalized spacial score (nSPS) is 22.9. The van der Waals surface area contributed by atoms with Crippen LogP contribution in [0.5, 0.6) is 0 Å². The molecule has 6 nitrogen and oxygen atoms in total. The third-order valence-electron chi connectivity index (χ3n) is 3.74. The molecule has 0 spiro atoms. The highest BCUT2D eigenvalue weighted by Crippen LogP contribution is 2.30. The Labute approximate surface area is 114 Å². The number of urea groups is 1. The first-order valence-corrected chi connectivity index (χ1v) is 6.65. The van der Waals surface area contributed by atoms with Crippen molar-refractivity contribution in [1.82, 2.24) is 9.80 Å². The SMILES string of the molecule is COCCN(C(=O)N1CCCC1(C)C(=O)O)C(C)C. The minimum Gasteiger partial charge on any atom is -0.480 e. The Morgan fingerprint density at radius 3 is 2.58 bits per heavy atom. The number of carboxylic acid groups (broad SMARTS) is 1. The molecule has 19 heavy (non-hydrogen) atoms. The van der Waals surface area contributed by atoms with E-state index >= 15 is 0 Å². The molecule has 2 amide bonds. The summed E-state index contributed by atoms with van der Waals surface area (Å²) in [6, 6.07) is -0.198. The summed E-state index contributed by atoms with van der Waals surface area (Å²) >= 11 is 0. The third kappa shape index (κ3) is 3.18. The zero-order chi connectivity index (χ0) is 14.6. The van der Waals surface area contributed by atoms with E-state index in [-0.39, 0.29) is 12.1 Å². The lowest BCUT2D eigenvalue weighted by molar-refractivity contribution is -0.147. The van der Waals surface area contributed by atoms with Crippen LogP contribution in [0.15, 0.2) is 0 Å². The predicted molar refractivity (Wildman–Crippen MR) is 71.1 cm³/mol. The number of rotatable bonds is 5. The van der Waals surface area contributed by atoms with E-state index in [1.165, 1.54) is 4.90 Å². The van der Waals surface area contributed by atoms with Crippen molar-refractivity contribution < 1.29 is 19.4 Å². The van der Waals surface area contributed by atoms with Gasteiger partial charge in [-0.05, 0) is 33.6 Å². The van der Waals surface area contributed by atoms with Crippen LogP contribution < -0.4 is 0 Å². The van der Waals surface area contributed by atoms with E-state index in [2.05, 4.69) is 0 Å². The van der Waals surface area contributed by atoms with Gasteiger partial charge in [0.15, 0.2) is 0 Å². The Morgan fingerprint density at radius 1 is 1.47 bits per heavy atom. The molecule has 1 rings (SSSR count). The number of methoxy groups -OCH3 is 1. The van der Waals surface area contributed by atoms with Crippen LogP contribution in [-0.2, 0) is 9.53 Å². The van der Waals surface area contributed by atoms with Crippen LogP contribution >= 0.6 is 0 Å². The molecule has 0 aromatic rings. The molecule has 0 aromatic carbocycles. The van der Waals surface area contributed by atoms with Gasteiger partial charge < -0.3 is 19.6 Å². The summed E-state index contributed by atoms with van der Waals surface area (Å²) in [5, 5.41) is 9.35. The van der Waals surface area contributed by atoms with Crippen LogP contribution in [0.4, 0.5) is 4.79 Å². The van der Waals surface area contributed by atoms with E-state index in [0.717, 1.165) is 6.42 Å². The summed E-state index contributed by atoms with van der Waals surface area (Å²) in [6.07, 6.45) is 1.23. The molecule has 1 saturated heterocycles. The zero-order valence-corrected chi connectivity index (χ0v) is 12.2. The first kappa shape index (κ1) is 15.8. The molecule has 0 saturated carbocycles. The predicted octanol–water partition coefficient (Wildman–Crippen LogP) is 1.40. The Morgan fingerprint density at radius 2 is 2.11 bits per heavy atom. The molecule has 1 aliphatic heterocycles. The summed E-state index contributed by atoms with van der Waals surface area (Å²) in [4.78, 5) is 27.1. The average molecular weight is 272 g/mol. The van der Waals surface area contributed by atoms with Gasteiger partial charge in [0.05, 0.1) is 6.61 Å². The van der Waals surface area contributed by atoms with Gasteiger partial charge in [-0.2, -0.15) is 0 Å². The van der Waals surface area contributed by atoms with Gasteiger partial charge in [-0.25, -0.2) is 9.59 Å². The fraction of sp³-hybridized carbons (Fsp3) is 0.846. The molecule has 0 aliphatic carbocycles. The number of likely N-dealkylation sites (tertiary alicyclic amines) is 1. The van der Waals surface area contributed by atoms with E-state index in [1.54, 1.807) is 18.9 Å². The Balaban J connectivity index is 2.87. The maximum atomic E-state index is 12.5. The van der Waals surface area contributed by atoms with Crippen LogP contribution in [0.2, 0.25) is 0 Å². The Kier molecular flexibility index (Phi) is 5.17. The van der Waals surface area contributed by atoms with Gasteiger partial charge in [-0.15, -0.1) is 0 Å². The van der Waals surface area contributed by atoms with E-state index < -0.39 is 11.5 Å². The van der Waals surface area contributed by atoms with Crippen LogP contribution in [0.25, 0.3) is 0 Å². The zero-order valence-electron chi connectivity index (χ0n) is 12.2. The maximum Gasteiger partial charge on any atom is 0.329 e. The highest BCUT2D eigenvalue weighted by molar-refractivity contribution is 5.86. The summed E-state index contributed by atoms with van der Waals surface area (Å²) < 4.78 is 5.01. The minimum atomic E-state index is -1.09. The molecule has 6 heteroatoms. The molecule has 1 atom stereocenters. The lowest BCUT2D eigenvalue weighted by atomic mass is 9.99. The molecule has 110 valence electrons. The van der Waals surface area contributed by atoms with Crippen molar-refractivity contribution in [2.45, 2.75) is 45.2 Å². The number of carbonyl (C=O) groups is 2. The number of amides is 2. The third-order valence-corrected chi connectivity index (χ3v) is 3.74. The van der Waals surface area contributed by atoms with Gasteiger partial charge in [0, 0.05) is 26.2 Å². The molecular weight excluding hydrogens is 248 g/mol. The van der Waals surface area contributed by atoms with Crippen LogP contribution in [0.1, 0.15) is 33.6 Å². The smallest absolute Gasteiger partial charge is 0.329 e. The molecule has 1 N–H and O–H groups in total. The Bertz CT molecular complexity index is 346. The topological polar surface area (TPSA) is 70.1 Å². The monoisotopic (exact) mass is 272 g/mol. The van der Waals surface area contributed by atoms with Gasteiger partial charge in [-0.1, -0.05) is 0 Å². The number of hydrogen-bond donors (Lipinski definition) is 1. The van der Waals surface area contributed by atoms with E-state index in [9.17, 15) is 14.7 Å². The quantitative estimate of drug-likeness (QED) is 0.821. The lowest BCUT2D eigenvalue weighted by Crippen LogP contribution is -2.56. The van der Waals surface area contributed by atoms with Gasteiger partial charge in [0.2, 0.25) is 0 Å². The first-order chi connectivity index (χ1) is 8.84. The van der Waals surface area contributed by atoms with Gasteiger partial charge in [0.25, 0.3) is 0 Å². The molecular formula is C13H24N2O4. The van der Waals surface area contributed by atoms with E-state index in [4.69, 9.17) is 4.74 Å². The maximum absolute atomic E-state index is 12.5. The van der Waals surface area contributed by atoms with Gasteiger partial charge >= 0.3 is 12.0 Å². The van der Waals surface area contributed by atoms with Crippen molar-refractivity contribution in [2.75, 3.05) is 26.8 Å². The van der Waals surface area contributed by atoms with E-state index in [0.29, 0.717) is 26.1 Å². The molecule has 1 heterocycles. The molecule has 0 bridgehead atoms. The molecule has 1 fully saturated rings. The van der Waals surface area contributed by atoms with Crippen molar-refractivity contribution in [3.8, 4) is 0 Å². The lowest BCUT2D eigenvalue weighted by Gasteiger charge is -2.37. The fourth-order valence-corrected chi connectivity index (χ4v) is 2.41. The fourth-order valence-electron chi connectivity index (χ4n) is 2.41. The largest absolute Gasteiger partial charge is 0.480 e. The number of carbonyl (C=O) groups excluding carboxylic acids is 1. The Hall–Kier alpha value is -1.30. The number of aliphatic carboxylic acids is 1. The second-order valence-electron chi connectivity index (χ2n) is 5.40. The number of nitrogens with zero attached hydrogens (tertiary/aromatic N) is 2. The molecule has 0 aromatic heterocycles. The molecule has 0 radical (unpaired) electrons. The van der Waals surface area contributed by atoms with Crippen molar-refractivity contribution in [1.29, 1.82) is 0 Å². The number of carboxylic acids is 1. The second kappa shape index (κ2) is 6.23. The van der Waals surface area contributed by atoms with Gasteiger partial charge in [0.1, 0.15) is 5.54 Å².